The molecule has 0 bridgehead atoms. The number of carbonyl (C=O) groups is 1. The standard InChI is InChI=1S/C24H25BrFN7O3/c1-24(2,3)36-23(35)32(17-10-16(13-34)7-8-28-17)11-14-5-4-6-15(9-14)12-33-20-18(29-21(33)25)19(27)30-22(26)31-20/h4-10,34H,11-13H2,1-3H3,(H2,27,30,31). The second kappa shape index (κ2) is 10.2. The molecule has 0 aliphatic rings. The molecule has 4 aromatic rings. The lowest BCUT2D eigenvalue weighted by Gasteiger charge is -2.27. The van der Waals surface area contributed by atoms with Gasteiger partial charge in [-0.1, -0.05) is 24.3 Å². The molecule has 0 aliphatic heterocycles. The maximum atomic E-state index is 13.8. The number of carbonyl (C=O) groups excluding carboxylic acids is 1. The molecule has 3 heterocycles. The molecule has 0 spiro atoms. The number of imidazole rings is 1. The number of hydrogen-bond acceptors (Lipinski definition) is 8. The van der Waals surface area contributed by atoms with Gasteiger partial charge in [-0.25, -0.2) is 14.8 Å². The first-order chi connectivity index (χ1) is 17.0. The maximum absolute atomic E-state index is 13.8. The van der Waals surface area contributed by atoms with Crippen molar-refractivity contribution in [2.24, 2.45) is 0 Å². The number of pyridine rings is 1. The van der Waals surface area contributed by atoms with Crippen LogP contribution in [-0.2, 0) is 24.4 Å². The monoisotopic (exact) mass is 557 g/mol. The van der Waals surface area contributed by atoms with Crippen LogP contribution in [0.5, 0.6) is 0 Å². The maximum Gasteiger partial charge on any atom is 0.416 e. The third-order valence-corrected chi connectivity index (χ3v) is 5.71. The number of nitrogen functional groups attached to an aromatic ring is 1. The van der Waals surface area contributed by atoms with Gasteiger partial charge in [-0.05, 0) is 65.5 Å². The van der Waals surface area contributed by atoms with Crippen LogP contribution in [0, 0.1) is 6.08 Å². The first kappa shape index (κ1) is 25.5. The molecule has 10 nitrogen and oxygen atoms in total. The van der Waals surface area contributed by atoms with E-state index in [4.69, 9.17) is 10.5 Å². The van der Waals surface area contributed by atoms with Crippen LogP contribution in [0.4, 0.5) is 20.8 Å². The Bertz CT molecular complexity index is 1420. The van der Waals surface area contributed by atoms with Crippen molar-refractivity contribution in [2.75, 3.05) is 10.6 Å². The van der Waals surface area contributed by atoms with Crippen LogP contribution in [0.25, 0.3) is 11.2 Å². The fraction of sp³-hybridized carbons (Fsp3) is 0.292. The zero-order chi connectivity index (χ0) is 26.0. The van der Waals surface area contributed by atoms with Crippen molar-refractivity contribution in [1.29, 1.82) is 0 Å². The molecule has 12 heteroatoms. The van der Waals surface area contributed by atoms with E-state index in [9.17, 15) is 14.3 Å². The van der Waals surface area contributed by atoms with Crippen molar-refractivity contribution in [2.45, 2.75) is 46.1 Å². The molecule has 1 aromatic carbocycles. The summed E-state index contributed by atoms with van der Waals surface area (Å²) in [5, 5.41) is 9.54. The molecule has 3 N–H and O–H groups in total. The Morgan fingerprint density at radius 3 is 2.64 bits per heavy atom. The highest BCUT2D eigenvalue weighted by Crippen LogP contribution is 2.25. The second-order valence-corrected chi connectivity index (χ2v) is 9.79. The van der Waals surface area contributed by atoms with Crippen LogP contribution in [0.2, 0.25) is 0 Å². The van der Waals surface area contributed by atoms with Crippen LogP contribution in [-0.4, -0.2) is 41.3 Å². The van der Waals surface area contributed by atoms with Crippen LogP contribution in [0.15, 0.2) is 47.3 Å². The Morgan fingerprint density at radius 1 is 1.17 bits per heavy atom. The summed E-state index contributed by atoms with van der Waals surface area (Å²) >= 11 is 3.38. The number of halogens is 2. The number of hydrogen-bond donors (Lipinski definition) is 2. The van der Waals surface area contributed by atoms with Crippen molar-refractivity contribution in [3.8, 4) is 0 Å². The van der Waals surface area contributed by atoms with Crippen molar-refractivity contribution in [3.63, 3.8) is 0 Å². The quantitative estimate of drug-likeness (QED) is 0.266. The van der Waals surface area contributed by atoms with E-state index in [1.807, 2.05) is 24.3 Å². The van der Waals surface area contributed by atoms with Crippen molar-refractivity contribution in [3.05, 3.63) is 70.1 Å². The number of aromatic nitrogens is 5. The molecule has 0 atom stereocenters. The van der Waals surface area contributed by atoms with Crippen molar-refractivity contribution < 1.29 is 19.0 Å². The van der Waals surface area contributed by atoms with E-state index in [1.54, 1.807) is 37.5 Å². The first-order valence-corrected chi connectivity index (χ1v) is 11.8. The van der Waals surface area contributed by atoms with Gasteiger partial charge in [-0.3, -0.25) is 9.47 Å². The predicted octanol–water partition coefficient (Wildman–Crippen LogP) is 4.19. The minimum Gasteiger partial charge on any atom is -0.443 e. The second-order valence-electron chi connectivity index (χ2n) is 9.08. The Morgan fingerprint density at radius 2 is 1.92 bits per heavy atom. The topological polar surface area (TPSA) is 132 Å². The zero-order valence-electron chi connectivity index (χ0n) is 19.9. The van der Waals surface area contributed by atoms with E-state index >= 15 is 0 Å². The molecule has 0 unspecified atom stereocenters. The van der Waals surface area contributed by atoms with Crippen LogP contribution >= 0.6 is 15.9 Å². The molecule has 4 rings (SSSR count). The van der Waals surface area contributed by atoms with E-state index in [0.717, 1.165) is 11.1 Å². The molecule has 188 valence electrons. The van der Waals surface area contributed by atoms with E-state index < -0.39 is 17.8 Å². The third kappa shape index (κ3) is 5.77. The summed E-state index contributed by atoms with van der Waals surface area (Å²) in [6.45, 7) is 5.65. The van der Waals surface area contributed by atoms with Crippen molar-refractivity contribution >= 4 is 44.8 Å². The largest absolute Gasteiger partial charge is 0.443 e. The molecule has 0 fully saturated rings. The number of benzene rings is 1. The number of anilines is 2. The Kier molecular flexibility index (Phi) is 7.18. The Labute approximate surface area is 215 Å². The number of nitrogens with two attached hydrogens (primary N) is 1. The summed E-state index contributed by atoms with van der Waals surface area (Å²) in [6, 6.07) is 10.8. The van der Waals surface area contributed by atoms with E-state index in [1.165, 1.54) is 11.1 Å². The minimum absolute atomic E-state index is 0.0451. The molecule has 1 amide bonds. The molecular formula is C24H25BrFN7O3. The van der Waals surface area contributed by atoms with Crippen LogP contribution in [0.3, 0.4) is 0 Å². The lowest BCUT2D eigenvalue weighted by molar-refractivity contribution is 0.0576. The van der Waals surface area contributed by atoms with Gasteiger partial charge in [0.15, 0.2) is 21.7 Å². The lowest BCUT2D eigenvalue weighted by Crippen LogP contribution is -2.37. The fourth-order valence-corrected chi connectivity index (χ4v) is 4.03. The van der Waals surface area contributed by atoms with Crippen molar-refractivity contribution in [1.82, 2.24) is 24.5 Å². The number of aliphatic hydroxyl groups excluding tert-OH is 1. The predicted molar refractivity (Wildman–Crippen MR) is 136 cm³/mol. The smallest absolute Gasteiger partial charge is 0.416 e. The molecule has 0 saturated heterocycles. The molecule has 0 aliphatic carbocycles. The number of nitrogens with zero attached hydrogens (tertiary/aromatic N) is 6. The summed E-state index contributed by atoms with van der Waals surface area (Å²) in [5.41, 5.74) is 7.92. The van der Waals surface area contributed by atoms with E-state index in [0.29, 0.717) is 28.2 Å². The average molecular weight is 558 g/mol. The Hall–Kier alpha value is -3.64. The minimum atomic E-state index is -0.937. The molecule has 3 aromatic heterocycles. The SMILES string of the molecule is CC(C)(C)OC(=O)N(Cc1cccc(Cn2c(Br)nc3c(N)nc(F)nc32)c1)c1cc(CO)ccn1. The lowest BCUT2D eigenvalue weighted by atomic mass is 10.1. The van der Waals surface area contributed by atoms with Gasteiger partial charge in [-0.2, -0.15) is 14.4 Å². The van der Waals surface area contributed by atoms with Gasteiger partial charge in [-0.15, -0.1) is 0 Å². The first-order valence-electron chi connectivity index (χ1n) is 11.0. The third-order valence-electron chi connectivity index (χ3n) is 5.10. The highest BCUT2D eigenvalue weighted by atomic mass is 79.9. The number of aliphatic hydroxyl groups is 1. The summed E-state index contributed by atoms with van der Waals surface area (Å²) in [6.07, 6.45) is 0.0257. The van der Waals surface area contributed by atoms with Gasteiger partial charge in [0.2, 0.25) is 0 Å². The highest BCUT2D eigenvalue weighted by molar-refractivity contribution is 9.10. The van der Waals surface area contributed by atoms with Gasteiger partial charge in [0.25, 0.3) is 0 Å². The average Bonchev–Trinajstić information content (AvgIpc) is 3.12. The van der Waals surface area contributed by atoms with Gasteiger partial charge in [0, 0.05) is 6.20 Å². The highest BCUT2D eigenvalue weighted by Gasteiger charge is 2.25. The molecule has 0 saturated carbocycles. The summed E-state index contributed by atoms with van der Waals surface area (Å²) < 4.78 is 21.5. The van der Waals surface area contributed by atoms with Gasteiger partial charge in [0.1, 0.15) is 11.4 Å². The fourth-order valence-electron chi connectivity index (χ4n) is 3.56. The number of amides is 1. The zero-order valence-corrected chi connectivity index (χ0v) is 21.5. The van der Waals surface area contributed by atoms with Gasteiger partial charge < -0.3 is 15.6 Å². The summed E-state index contributed by atoms with van der Waals surface area (Å²) in [5.74, 6) is 0.309. The van der Waals surface area contributed by atoms with E-state index in [2.05, 4.69) is 35.9 Å². The molecular weight excluding hydrogens is 533 g/mol. The van der Waals surface area contributed by atoms with Crippen LogP contribution < -0.4 is 10.6 Å². The normalized spacial score (nSPS) is 11.6. The Balaban J connectivity index is 1.65. The van der Waals surface area contributed by atoms with E-state index in [-0.39, 0.29) is 24.6 Å². The number of rotatable bonds is 6. The number of fused-ring (bicyclic) bond motifs is 1. The van der Waals surface area contributed by atoms with Gasteiger partial charge in [0.05, 0.1) is 19.7 Å². The molecule has 36 heavy (non-hydrogen) atoms. The van der Waals surface area contributed by atoms with Gasteiger partial charge >= 0.3 is 12.2 Å². The molecule has 0 radical (unpaired) electrons. The summed E-state index contributed by atoms with van der Waals surface area (Å²) in [7, 11) is 0. The summed E-state index contributed by atoms with van der Waals surface area (Å²) in [4.78, 5) is 30.5. The van der Waals surface area contributed by atoms with Crippen LogP contribution in [0.1, 0.15) is 37.5 Å². The number of ether oxygens (including phenoxy) is 1.